The molecular weight excluding hydrogens is 500 g/mol. The molecule has 2 heterocycles. The first kappa shape index (κ1) is 27.2. The van der Waals surface area contributed by atoms with Crippen molar-refractivity contribution in [1.82, 2.24) is 19.6 Å². The van der Waals surface area contributed by atoms with Crippen LogP contribution in [0.4, 0.5) is 0 Å². The summed E-state index contributed by atoms with van der Waals surface area (Å²) in [5.41, 5.74) is 6.41. The molecule has 1 aliphatic heterocycles. The third-order valence-corrected chi connectivity index (χ3v) is 7.37. The molecule has 3 aromatic carbocycles. The van der Waals surface area contributed by atoms with Crippen molar-refractivity contribution < 1.29 is 14.3 Å². The van der Waals surface area contributed by atoms with Crippen LogP contribution in [0.3, 0.4) is 0 Å². The normalized spacial score (nSPS) is 14.0. The van der Waals surface area contributed by atoms with Crippen molar-refractivity contribution >= 4 is 12.0 Å². The topological polar surface area (TPSA) is 59.8 Å². The summed E-state index contributed by atoms with van der Waals surface area (Å²) in [4.78, 5) is 17.3. The van der Waals surface area contributed by atoms with E-state index in [9.17, 15) is 4.79 Å². The minimum Gasteiger partial charge on any atom is -0.496 e. The molecular formula is C33H36N4O3. The molecule has 5 rings (SSSR count). The molecule has 206 valence electrons. The number of methoxy groups -OCH3 is 1. The van der Waals surface area contributed by atoms with Crippen LogP contribution in [0.15, 0.2) is 84.9 Å². The number of ether oxygens (including phenoxy) is 2. The summed E-state index contributed by atoms with van der Waals surface area (Å²) in [7, 11) is 1.65. The van der Waals surface area contributed by atoms with Crippen LogP contribution in [0.25, 0.3) is 11.8 Å². The van der Waals surface area contributed by atoms with Crippen molar-refractivity contribution in [2.45, 2.75) is 27.0 Å². The number of para-hydroxylation sites is 2. The minimum absolute atomic E-state index is 0.0295. The van der Waals surface area contributed by atoms with Gasteiger partial charge >= 0.3 is 0 Å². The second kappa shape index (κ2) is 12.7. The summed E-state index contributed by atoms with van der Waals surface area (Å²) < 4.78 is 13.4. The molecule has 1 aliphatic rings. The van der Waals surface area contributed by atoms with E-state index >= 15 is 0 Å². The van der Waals surface area contributed by atoms with E-state index in [1.54, 1.807) is 13.2 Å². The number of carbonyl (C=O) groups is 1. The predicted molar refractivity (Wildman–Crippen MR) is 158 cm³/mol. The highest BCUT2D eigenvalue weighted by atomic mass is 16.5. The number of piperazine rings is 1. The maximum absolute atomic E-state index is 13.0. The van der Waals surface area contributed by atoms with Gasteiger partial charge in [-0.3, -0.25) is 9.69 Å². The van der Waals surface area contributed by atoms with E-state index in [0.717, 1.165) is 59.3 Å². The number of nitrogens with zero attached hydrogens (tertiary/aromatic N) is 4. The van der Waals surface area contributed by atoms with Gasteiger partial charge in [0.2, 0.25) is 5.91 Å². The molecule has 1 aromatic heterocycles. The lowest BCUT2D eigenvalue weighted by Gasteiger charge is -2.34. The molecule has 1 amide bonds. The van der Waals surface area contributed by atoms with E-state index in [4.69, 9.17) is 14.6 Å². The van der Waals surface area contributed by atoms with Crippen molar-refractivity contribution in [3.05, 3.63) is 113 Å². The number of aromatic nitrogens is 2. The fraction of sp³-hybridized carbons (Fsp3) is 0.273. The fourth-order valence-electron chi connectivity index (χ4n) is 5.04. The zero-order valence-electron chi connectivity index (χ0n) is 23.4. The quantitative estimate of drug-likeness (QED) is 0.267. The lowest BCUT2D eigenvalue weighted by atomic mass is 10.1. The summed E-state index contributed by atoms with van der Waals surface area (Å²) >= 11 is 0. The Morgan fingerprint density at radius 2 is 1.62 bits per heavy atom. The van der Waals surface area contributed by atoms with Crippen LogP contribution in [0, 0.1) is 13.8 Å². The molecule has 0 spiro atoms. The first-order valence-corrected chi connectivity index (χ1v) is 13.7. The first-order valence-electron chi connectivity index (χ1n) is 13.7. The number of carbonyl (C=O) groups excluding carboxylic acids is 1. The van der Waals surface area contributed by atoms with E-state index in [2.05, 4.69) is 30.9 Å². The Balaban J connectivity index is 1.16. The molecule has 0 saturated carbocycles. The van der Waals surface area contributed by atoms with E-state index in [1.807, 2.05) is 82.4 Å². The summed E-state index contributed by atoms with van der Waals surface area (Å²) in [5, 5.41) is 4.79. The average Bonchev–Trinajstić information content (AvgIpc) is 3.28. The molecule has 0 aliphatic carbocycles. The number of amides is 1. The lowest BCUT2D eigenvalue weighted by molar-refractivity contribution is -0.127. The molecule has 1 saturated heterocycles. The number of benzene rings is 3. The van der Waals surface area contributed by atoms with Crippen LogP contribution in [0.2, 0.25) is 0 Å². The SMILES string of the molecule is COc1ccc(/C=C/C(=O)N2CCN(Cc3c(C)nn(-c4ccccc4)c3C)CC2)cc1COc1ccccc1. The molecule has 0 atom stereocenters. The summed E-state index contributed by atoms with van der Waals surface area (Å²) in [6.07, 6.45) is 3.53. The Hall–Kier alpha value is -4.36. The highest BCUT2D eigenvalue weighted by Gasteiger charge is 2.22. The Bertz CT molecular complexity index is 1460. The van der Waals surface area contributed by atoms with E-state index in [1.165, 1.54) is 5.56 Å². The molecule has 0 unspecified atom stereocenters. The zero-order valence-corrected chi connectivity index (χ0v) is 23.4. The van der Waals surface area contributed by atoms with Crippen molar-refractivity contribution in [3.8, 4) is 17.2 Å². The second-order valence-electron chi connectivity index (χ2n) is 10.0. The van der Waals surface area contributed by atoms with Crippen LogP contribution >= 0.6 is 0 Å². The third-order valence-electron chi connectivity index (χ3n) is 7.37. The summed E-state index contributed by atoms with van der Waals surface area (Å²) in [6.45, 7) is 8.49. The molecule has 40 heavy (non-hydrogen) atoms. The number of rotatable bonds is 9. The van der Waals surface area contributed by atoms with Gasteiger partial charge in [0.15, 0.2) is 0 Å². The largest absolute Gasteiger partial charge is 0.496 e. The summed E-state index contributed by atoms with van der Waals surface area (Å²) in [5.74, 6) is 1.59. The molecule has 0 radical (unpaired) electrons. The van der Waals surface area contributed by atoms with Gasteiger partial charge in [-0.25, -0.2) is 4.68 Å². The molecule has 7 nitrogen and oxygen atoms in total. The van der Waals surface area contributed by atoms with Gasteiger partial charge < -0.3 is 14.4 Å². The van der Waals surface area contributed by atoms with E-state index < -0.39 is 0 Å². The van der Waals surface area contributed by atoms with Gasteiger partial charge in [0.05, 0.1) is 18.5 Å². The molecule has 0 N–H and O–H groups in total. The van der Waals surface area contributed by atoms with Crippen LogP contribution in [-0.2, 0) is 17.9 Å². The monoisotopic (exact) mass is 536 g/mol. The van der Waals surface area contributed by atoms with Crippen LogP contribution < -0.4 is 9.47 Å². The van der Waals surface area contributed by atoms with E-state index in [-0.39, 0.29) is 5.91 Å². The molecule has 1 fully saturated rings. The van der Waals surface area contributed by atoms with Gasteiger partial charge in [0.1, 0.15) is 18.1 Å². The molecule has 7 heteroatoms. The molecule has 0 bridgehead atoms. The van der Waals surface area contributed by atoms with Gasteiger partial charge in [-0.1, -0.05) is 42.5 Å². The highest BCUT2D eigenvalue weighted by molar-refractivity contribution is 5.91. The van der Waals surface area contributed by atoms with Crippen molar-refractivity contribution in [2.75, 3.05) is 33.3 Å². The molecule has 4 aromatic rings. The fourth-order valence-corrected chi connectivity index (χ4v) is 5.04. The minimum atomic E-state index is 0.0295. The first-order chi connectivity index (χ1) is 19.5. The third kappa shape index (κ3) is 6.43. The van der Waals surface area contributed by atoms with Crippen molar-refractivity contribution in [3.63, 3.8) is 0 Å². The average molecular weight is 537 g/mol. The Morgan fingerprint density at radius 3 is 2.33 bits per heavy atom. The van der Waals surface area contributed by atoms with Gasteiger partial charge in [-0.2, -0.15) is 5.10 Å². The number of hydrogen-bond acceptors (Lipinski definition) is 5. The second-order valence-corrected chi connectivity index (χ2v) is 10.0. The van der Waals surface area contributed by atoms with Crippen LogP contribution in [0.5, 0.6) is 11.5 Å². The smallest absolute Gasteiger partial charge is 0.246 e. The maximum Gasteiger partial charge on any atom is 0.246 e. The standard InChI is InChI=1S/C33H36N4O3/c1-25-31(26(2)37(34-25)29-10-6-4-7-11-29)23-35-18-20-36(21-19-35)33(38)17-15-27-14-16-32(39-3)28(22-27)24-40-30-12-8-5-9-13-30/h4-17,22H,18-21,23-24H2,1-3H3/b17-15+. The van der Waals surface area contributed by atoms with Gasteiger partial charge in [-0.15, -0.1) is 0 Å². The lowest BCUT2D eigenvalue weighted by Crippen LogP contribution is -2.47. The zero-order chi connectivity index (χ0) is 27.9. The Labute approximate surface area is 236 Å². The van der Waals surface area contributed by atoms with Crippen LogP contribution in [0.1, 0.15) is 28.1 Å². The number of aryl methyl sites for hydroxylation is 1. The number of hydrogen-bond donors (Lipinski definition) is 0. The van der Waals surface area contributed by atoms with Crippen molar-refractivity contribution in [2.24, 2.45) is 0 Å². The van der Waals surface area contributed by atoms with E-state index in [0.29, 0.717) is 19.7 Å². The van der Waals surface area contributed by atoms with Gasteiger partial charge in [0, 0.05) is 55.6 Å². The van der Waals surface area contributed by atoms with Gasteiger partial charge in [0.25, 0.3) is 0 Å². The Morgan fingerprint density at radius 1 is 0.925 bits per heavy atom. The Kier molecular flexibility index (Phi) is 8.62. The highest BCUT2D eigenvalue weighted by Crippen LogP contribution is 2.24. The maximum atomic E-state index is 13.0. The summed E-state index contributed by atoms with van der Waals surface area (Å²) in [6, 6.07) is 25.8. The van der Waals surface area contributed by atoms with Crippen LogP contribution in [-0.4, -0.2) is 58.8 Å². The predicted octanol–water partition coefficient (Wildman–Crippen LogP) is 5.43. The van der Waals surface area contributed by atoms with Crippen molar-refractivity contribution in [1.29, 1.82) is 0 Å². The van der Waals surface area contributed by atoms with Gasteiger partial charge in [-0.05, 0) is 61.9 Å².